The van der Waals surface area contributed by atoms with Gasteiger partial charge >= 0.3 is 5.97 Å². The van der Waals surface area contributed by atoms with Crippen molar-refractivity contribution in [3.05, 3.63) is 52.5 Å². The van der Waals surface area contributed by atoms with Crippen molar-refractivity contribution >= 4 is 29.2 Å². The number of nitrogens with one attached hydrogen (secondary N) is 1. The lowest BCUT2D eigenvalue weighted by molar-refractivity contribution is -0.153. The molecule has 6 nitrogen and oxygen atoms in total. The number of aryl methyl sites for hydroxylation is 1. The van der Waals surface area contributed by atoms with Crippen LogP contribution in [0.2, 0.25) is 5.02 Å². The lowest BCUT2D eigenvalue weighted by Crippen LogP contribution is -2.30. The second kappa shape index (κ2) is 9.99. The van der Waals surface area contributed by atoms with E-state index in [1.807, 2.05) is 12.1 Å². The predicted octanol–water partition coefficient (Wildman–Crippen LogP) is 4.17. The Morgan fingerprint density at radius 2 is 1.82 bits per heavy atom. The molecule has 0 bridgehead atoms. The van der Waals surface area contributed by atoms with Crippen LogP contribution < -0.4 is 14.8 Å². The maximum Gasteiger partial charge on any atom is 0.306 e. The summed E-state index contributed by atoms with van der Waals surface area (Å²) in [5.41, 5.74) is 2.16. The van der Waals surface area contributed by atoms with E-state index in [2.05, 4.69) is 5.32 Å². The first-order valence-electron chi connectivity index (χ1n) is 8.82. The Bertz CT molecular complexity index is 853. The molecule has 0 aliphatic rings. The number of esters is 1. The summed E-state index contributed by atoms with van der Waals surface area (Å²) in [7, 11) is 3.10. The summed E-state index contributed by atoms with van der Waals surface area (Å²) in [6, 6.07) is 10.7. The smallest absolute Gasteiger partial charge is 0.306 e. The first kappa shape index (κ1) is 21.6. The molecule has 2 rings (SSSR count). The minimum absolute atomic E-state index is 0.108. The van der Waals surface area contributed by atoms with Gasteiger partial charge in [0.05, 0.1) is 14.2 Å². The average molecular weight is 406 g/mol. The molecule has 1 N–H and O–H groups in total. The molecule has 0 heterocycles. The highest BCUT2D eigenvalue weighted by Gasteiger charge is 2.19. The summed E-state index contributed by atoms with van der Waals surface area (Å²) in [5, 5.41) is 3.28. The van der Waals surface area contributed by atoms with Crippen LogP contribution in [0, 0.1) is 6.92 Å². The molecule has 0 aromatic heterocycles. The van der Waals surface area contributed by atoms with Crippen molar-refractivity contribution in [2.24, 2.45) is 0 Å². The Labute approximate surface area is 169 Å². The van der Waals surface area contributed by atoms with Crippen LogP contribution in [0.5, 0.6) is 11.5 Å². The number of hydrogen-bond donors (Lipinski definition) is 1. The van der Waals surface area contributed by atoms with Crippen LogP contribution in [0.4, 0.5) is 5.69 Å². The van der Waals surface area contributed by atoms with Crippen molar-refractivity contribution in [1.29, 1.82) is 0 Å². The molecule has 0 fully saturated rings. The normalized spacial score (nSPS) is 11.5. The SMILES string of the molecule is COc1cccc(CCC(=O)O[C@H](C)C(=O)Nc2cccc(Cl)c2C)c1OC. The number of amides is 1. The topological polar surface area (TPSA) is 73.9 Å². The molecule has 0 unspecified atom stereocenters. The number of carbonyl (C=O) groups excluding carboxylic acids is 2. The van der Waals surface area contributed by atoms with E-state index in [0.717, 1.165) is 11.1 Å². The van der Waals surface area contributed by atoms with E-state index in [9.17, 15) is 9.59 Å². The van der Waals surface area contributed by atoms with Gasteiger partial charge in [0.25, 0.3) is 5.91 Å². The number of ether oxygens (including phenoxy) is 3. The lowest BCUT2D eigenvalue weighted by atomic mass is 10.1. The van der Waals surface area contributed by atoms with Gasteiger partial charge in [0.15, 0.2) is 17.6 Å². The second-order valence-electron chi connectivity index (χ2n) is 6.19. The molecule has 1 amide bonds. The predicted molar refractivity (Wildman–Crippen MR) is 108 cm³/mol. The van der Waals surface area contributed by atoms with Gasteiger partial charge in [-0.15, -0.1) is 0 Å². The minimum Gasteiger partial charge on any atom is -0.493 e. The summed E-state index contributed by atoms with van der Waals surface area (Å²) in [6.07, 6.45) is -0.420. The fraction of sp³-hybridized carbons (Fsp3) is 0.333. The number of carbonyl (C=O) groups is 2. The van der Waals surface area contributed by atoms with Gasteiger partial charge in [0.1, 0.15) is 0 Å². The van der Waals surface area contributed by atoms with Crippen molar-refractivity contribution < 1.29 is 23.8 Å². The third-order valence-electron chi connectivity index (χ3n) is 4.29. The molecule has 7 heteroatoms. The zero-order valence-electron chi connectivity index (χ0n) is 16.4. The summed E-state index contributed by atoms with van der Waals surface area (Å²) < 4.78 is 15.9. The van der Waals surface area contributed by atoms with Crippen LogP contribution in [0.25, 0.3) is 0 Å². The number of benzene rings is 2. The standard InChI is InChI=1S/C21H24ClNO5/c1-13-16(22)8-6-9-17(13)23-21(25)14(2)28-19(24)12-11-15-7-5-10-18(26-3)20(15)27-4/h5-10,14H,11-12H2,1-4H3,(H,23,25)/t14-/m1/s1. The number of methoxy groups -OCH3 is 2. The van der Waals surface area contributed by atoms with E-state index in [1.54, 1.807) is 45.4 Å². The molecule has 28 heavy (non-hydrogen) atoms. The van der Waals surface area contributed by atoms with Crippen LogP contribution in [-0.2, 0) is 20.7 Å². The molecule has 0 saturated heterocycles. The molecule has 0 radical (unpaired) electrons. The molecule has 0 aliphatic carbocycles. The first-order chi connectivity index (χ1) is 13.4. The van der Waals surface area contributed by atoms with Crippen molar-refractivity contribution in [3.8, 4) is 11.5 Å². The van der Waals surface area contributed by atoms with E-state index >= 15 is 0 Å². The summed E-state index contributed by atoms with van der Waals surface area (Å²) in [4.78, 5) is 24.5. The van der Waals surface area contributed by atoms with Crippen molar-refractivity contribution in [1.82, 2.24) is 0 Å². The fourth-order valence-electron chi connectivity index (χ4n) is 2.67. The molecule has 0 aliphatic heterocycles. The summed E-state index contributed by atoms with van der Waals surface area (Å²) in [5.74, 6) is 0.283. The molecular formula is C21H24ClNO5. The van der Waals surface area contributed by atoms with Gasteiger partial charge in [-0.3, -0.25) is 9.59 Å². The first-order valence-corrected chi connectivity index (χ1v) is 9.20. The molecule has 150 valence electrons. The Morgan fingerprint density at radius 1 is 1.11 bits per heavy atom. The summed E-state index contributed by atoms with van der Waals surface area (Å²) in [6.45, 7) is 3.33. The van der Waals surface area contributed by atoms with Gasteiger partial charge in [-0.25, -0.2) is 0 Å². The van der Waals surface area contributed by atoms with E-state index in [4.69, 9.17) is 25.8 Å². The molecule has 0 spiro atoms. The quantitative estimate of drug-likeness (QED) is 0.667. The molecule has 2 aromatic rings. The highest BCUT2D eigenvalue weighted by Crippen LogP contribution is 2.31. The Balaban J connectivity index is 1.92. The van der Waals surface area contributed by atoms with Crippen LogP contribution in [-0.4, -0.2) is 32.2 Å². The van der Waals surface area contributed by atoms with Crippen LogP contribution in [0.15, 0.2) is 36.4 Å². The number of hydrogen-bond acceptors (Lipinski definition) is 5. The zero-order chi connectivity index (χ0) is 20.7. The number of anilines is 1. The third-order valence-corrected chi connectivity index (χ3v) is 4.70. The third kappa shape index (κ3) is 5.39. The highest BCUT2D eigenvalue weighted by atomic mass is 35.5. The molecule has 1 atom stereocenters. The zero-order valence-corrected chi connectivity index (χ0v) is 17.1. The van der Waals surface area contributed by atoms with Crippen molar-refractivity contribution in [2.75, 3.05) is 19.5 Å². The van der Waals surface area contributed by atoms with Gasteiger partial charge in [-0.2, -0.15) is 0 Å². The van der Waals surface area contributed by atoms with Crippen LogP contribution >= 0.6 is 11.6 Å². The van der Waals surface area contributed by atoms with Crippen LogP contribution in [0.3, 0.4) is 0 Å². The van der Waals surface area contributed by atoms with Gasteiger partial charge in [-0.05, 0) is 49.6 Å². The molecular weight excluding hydrogens is 382 g/mol. The Morgan fingerprint density at radius 3 is 2.50 bits per heavy atom. The lowest BCUT2D eigenvalue weighted by Gasteiger charge is -2.16. The molecule has 0 saturated carbocycles. The summed E-state index contributed by atoms with van der Waals surface area (Å²) >= 11 is 6.05. The van der Waals surface area contributed by atoms with Gasteiger partial charge in [-0.1, -0.05) is 29.8 Å². The van der Waals surface area contributed by atoms with E-state index < -0.39 is 18.0 Å². The number of para-hydroxylation sites is 1. The Kier molecular flexibility index (Phi) is 7.70. The monoisotopic (exact) mass is 405 g/mol. The number of rotatable bonds is 8. The maximum absolute atomic E-state index is 12.3. The number of halogens is 1. The van der Waals surface area contributed by atoms with Gasteiger partial charge in [0, 0.05) is 17.1 Å². The van der Waals surface area contributed by atoms with Crippen LogP contribution in [0.1, 0.15) is 24.5 Å². The van der Waals surface area contributed by atoms with Gasteiger partial charge < -0.3 is 19.5 Å². The largest absolute Gasteiger partial charge is 0.493 e. The van der Waals surface area contributed by atoms with E-state index in [1.165, 1.54) is 6.92 Å². The second-order valence-corrected chi connectivity index (χ2v) is 6.59. The fourth-order valence-corrected chi connectivity index (χ4v) is 2.85. The minimum atomic E-state index is -0.932. The Hall–Kier alpha value is -2.73. The van der Waals surface area contributed by atoms with Crippen molar-refractivity contribution in [3.63, 3.8) is 0 Å². The highest BCUT2D eigenvalue weighted by molar-refractivity contribution is 6.31. The maximum atomic E-state index is 12.3. The molecule has 2 aromatic carbocycles. The average Bonchev–Trinajstić information content (AvgIpc) is 2.69. The van der Waals surface area contributed by atoms with E-state index in [0.29, 0.717) is 28.6 Å². The van der Waals surface area contributed by atoms with E-state index in [-0.39, 0.29) is 6.42 Å². The van der Waals surface area contributed by atoms with Crippen molar-refractivity contribution in [2.45, 2.75) is 32.8 Å². The van der Waals surface area contributed by atoms with Gasteiger partial charge in [0.2, 0.25) is 0 Å².